The zero-order chi connectivity index (χ0) is 23.0. The highest BCUT2D eigenvalue weighted by Crippen LogP contribution is 2.30. The molecule has 1 fully saturated rings. The number of nitrogens with one attached hydrogen (secondary N) is 2. The fourth-order valence-corrected chi connectivity index (χ4v) is 2.70. The smallest absolute Gasteiger partial charge is 0.404 e. The topological polar surface area (TPSA) is 213 Å². The number of hydrogen-bond acceptors (Lipinski definition) is 9. The summed E-state index contributed by atoms with van der Waals surface area (Å²) in [6.45, 7) is -0.826. The van der Waals surface area contributed by atoms with Gasteiger partial charge >= 0.3 is 12.1 Å². The number of primary amides is 1. The van der Waals surface area contributed by atoms with Gasteiger partial charge in [0, 0.05) is 12.8 Å². The molecular weight excluding hydrogens is 416 g/mol. The molecule has 0 spiro atoms. The molecule has 31 heavy (non-hydrogen) atoms. The highest BCUT2D eigenvalue weighted by atomic mass is 16.7. The van der Waals surface area contributed by atoms with Gasteiger partial charge < -0.3 is 46.5 Å². The third-order valence-electron chi connectivity index (χ3n) is 4.13. The first-order valence-corrected chi connectivity index (χ1v) is 9.22. The van der Waals surface area contributed by atoms with E-state index in [1.54, 1.807) is 0 Å². The molecule has 1 aromatic carbocycles. The lowest BCUT2D eigenvalue weighted by Gasteiger charge is -2.31. The van der Waals surface area contributed by atoms with Crippen molar-refractivity contribution >= 4 is 29.6 Å². The summed E-state index contributed by atoms with van der Waals surface area (Å²) in [6, 6.07) is 4.40. The van der Waals surface area contributed by atoms with Gasteiger partial charge in [-0.15, -0.1) is 0 Å². The van der Waals surface area contributed by atoms with Crippen molar-refractivity contribution in [2.24, 2.45) is 11.5 Å². The van der Waals surface area contributed by atoms with Crippen molar-refractivity contribution in [2.75, 3.05) is 18.4 Å². The maximum atomic E-state index is 12.2. The van der Waals surface area contributed by atoms with Gasteiger partial charge in [-0.05, 0) is 17.7 Å². The minimum Gasteiger partial charge on any atom is -0.479 e. The lowest BCUT2D eigenvalue weighted by atomic mass is 10.1. The van der Waals surface area contributed by atoms with Crippen LogP contribution < -0.4 is 26.8 Å². The van der Waals surface area contributed by atoms with Gasteiger partial charge in [0.2, 0.25) is 18.1 Å². The van der Waals surface area contributed by atoms with E-state index >= 15 is 0 Å². The van der Waals surface area contributed by atoms with Gasteiger partial charge in [-0.3, -0.25) is 9.59 Å². The van der Waals surface area contributed by atoms with Gasteiger partial charge in [0.05, 0.1) is 24.9 Å². The van der Waals surface area contributed by atoms with Crippen molar-refractivity contribution in [3.8, 4) is 5.75 Å². The molecule has 0 aromatic heterocycles. The van der Waals surface area contributed by atoms with Crippen molar-refractivity contribution in [1.29, 1.82) is 0 Å². The van der Waals surface area contributed by atoms with Gasteiger partial charge in [0.25, 0.3) is 0 Å². The van der Waals surface area contributed by atoms with E-state index in [9.17, 15) is 24.3 Å². The predicted molar refractivity (Wildman–Crippen MR) is 104 cm³/mol. The molecule has 1 heterocycles. The average molecular weight is 440 g/mol. The Hall–Kier alpha value is -3.42. The Balaban J connectivity index is 2.17. The van der Waals surface area contributed by atoms with Crippen LogP contribution >= 0.6 is 0 Å². The Labute approximate surface area is 176 Å². The molecule has 1 aromatic rings. The number of ether oxygens (including phenoxy) is 3. The first kappa shape index (κ1) is 23.9. The zero-order valence-electron chi connectivity index (χ0n) is 16.4. The normalized spacial score (nSPS) is 20.4. The minimum absolute atomic E-state index is 0.0102. The van der Waals surface area contributed by atoms with Crippen LogP contribution in [0.1, 0.15) is 18.4 Å². The highest BCUT2D eigenvalue weighted by molar-refractivity contribution is 5.96. The van der Waals surface area contributed by atoms with E-state index in [1.165, 1.54) is 18.2 Å². The minimum atomic E-state index is -1.25. The third kappa shape index (κ3) is 7.73. The lowest BCUT2D eigenvalue weighted by molar-refractivity contribution is -0.195. The number of benzene rings is 1. The van der Waals surface area contributed by atoms with Gasteiger partial charge in [-0.2, -0.15) is 0 Å². The second-order valence-electron chi connectivity index (χ2n) is 6.60. The molecule has 0 saturated carbocycles. The standard InChI is InChI=1S/C18H24N4O9/c19-6-14(24)21-7-15(25)22-11-3-9(8-29-18(20)28)1-2-12(11)30-16-5-10(23)4-13(31-16)17(26)27/h1-3,10,13,16,23H,4-8,19H2,(H2,20,28)(H,21,24)(H,22,25)(H,26,27). The van der Waals surface area contributed by atoms with E-state index in [2.05, 4.69) is 10.6 Å². The molecule has 3 amide bonds. The molecule has 8 N–H and O–H groups in total. The fourth-order valence-electron chi connectivity index (χ4n) is 2.70. The summed E-state index contributed by atoms with van der Waals surface area (Å²) >= 11 is 0. The summed E-state index contributed by atoms with van der Waals surface area (Å²) in [5.41, 5.74) is 10.7. The predicted octanol–water partition coefficient (Wildman–Crippen LogP) is -1.38. The van der Waals surface area contributed by atoms with E-state index in [1.807, 2.05) is 0 Å². The van der Waals surface area contributed by atoms with Crippen molar-refractivity contribution < 1.29 is 43.6 Å². The summed E-state index contributed by atoms with van der Waals surface area (Å²) in [6.07, 6.45) is -4.35. The monoisotopic (exact) mass is 440 g/mol. The van der Waals surface area contributed by atoms with Gasteiger partial charge in [0.1, 0.15) is 12.4 Å². The van der Waals surface area contributed by atoms with E-state index in [0.717, 1.165) is 0 Å². The zero-order valence-corrected chi connectivity index (χ0v) is 16.4. The van der Waals surface area contributed by atoms with E-state index < -0.39 is 42.4 Å². The SMILES string of the molecule is NCC(=O)NCC(=O)Nc1cc(COC(N)=O)ccc1OC1CC(O)CC(C(=O)O)O1. The molecule has 3 unspecified atom stereocenters. The van der Waals surface area contributed by atoms with Crippen LogP contribution in [0.2, 0.25) is 0 Å². The van der Waals surface area contributed by atoms with Crippen LogP contribution in [0.5, 0.6) is 5.75 Å². The van der Waals surface area contributed by atoms with Crippen LogP contribution in [0.4, 0.5) is 10.5 Å². The number of anilines is 1. The van der Waals surface area contributed by atoms with Gasteiger partial charge in [-0.25, -0.2) is 9.59 Å². The number of aliphatic carboxylic acids is 1. The Morgan fingerprint density at radius 2 is 1.94 bits per heavy atom. The number of nitrogens with two attached hydrogens (primary N) is 2. The quantitative estimate of drug-likeness (QED) is 0.265. The molecule has 1 aliphatic rings. The van der Waals surface area contributed by atoms with Crippen LogP contribution in [0.25, 0.3) is 0 Å². The number of amides is 3. The maximum absolute atomic E-state index is 12.2. The van der Waals surface area contributed by atoms with Crippen molar-refractivity contribution in [3.05, 3.63) is 23.8 Å². The average Bonchev–Trinajstić information content (AvgIpc) is 2.71. The molecule has 3 atom stereocenters. The molecule has 13 nitrogen and oxygen atoms in total. The Morgan fingerprint density at radius 1 is 1.19 bits per heavy atom. The van der Waals surface area contributed by atoms with Crippen LogP contribution in [0.3, 0.4) is 0 Å². The van der Waals surface area contributed by atoms with Crippen LogP contribution in [0, 0.1) is 0 Å². The number of carboxylic acid groups (broad SMARTS) is 1. The van der Waals surface area contributed by atoms with Crippen molar-refractivity contribution in [3.63, 3.8) is 0 Å². The molecule has 1 saturated heterocycles. The number of carboxylic acids is 1. The number of rotatable bonds is 9. The number of carbonyl (C=O) groups is 4. The van der Waals surface area contributed by atoms with Crippen molar-refractivity contribution in [2.45, 2.75) is 37.9 Å². The molecule has 13 heteroatoms. The summed E-state index contributed by atoms with van der Waals surface area (Å²) in [5, 5.41) is 23.9. The first-order valence-electron chi connectivity index (χ1n) is 9.22. The Kier molecular flexibility index (Phi) is 8.54. The van der Waals surface area contributed by atoms with E-state index in [-0.39, 0.29) is 44.0 Å². The summed E-state index contributed by atoms with van der Waals surface area (Å²) in [7, 11) is 0. The molecule has 170 valence electrons. The number of aliphatic hydroxyl groups is 1. The summed E-state index contributed by atoms with van der Waals surface area (Å²) in [4.78, 5) is 45.4. The number of aliphatic hydroxyl groups excluding tert-OH is 1. The van der Waals surface area contributed by atoms with Crippen molar-refractivity contribution in [1.82, 2.24) is 5.32 Å². The highest BCUT2D eigenvalue weighted by Gasteiger charge is 2.34. The van der Waals surface area contributed by atoms with Gasteiger partial charge in [-0.1, -0.05) is 6.07 Å². The Bertz CT molecular complexity index is 832. The fraction of sp³-hybridized carbons (Fsp3) is 0.444. The lowest BCUT2D eigenvalue weighted by Crippen LogP contribution is -2.42. The maximum Gasteiger partial charge on any atom is 0.404 e. The molecule has 2 rings (SSSR count). The van der Waals surface area contributed by atoms with Crippen LogP contribution in [-0.2, 0) is 30.5 Å². The molecule has 0 aliphatic carbocycles. The number of carbonyl (C=O) groups excluding carboxylic acids is 3. The summed E-state index contributed by atoms with van der Waals surface area (Å²) in [5.74, 6) is -2.27. The summed E-state index contributed by atoms with van der Waals surface area (Å²) < 4.78 is 15.7. The van der Waals surface area contributed by atoms with Crippen LogP contribution in [-0.4, -0.2) is 65.7 Å². The van der Waals surface area contributed by atoms with E-state index in [0.29, 0.717) is 5.56 Å². The molecular formula is C18H24N4O9. The Morgan fingerprint density at radius 3 is 2.58 bits per heavy atom. The second kappa shape index (κ2) is 11.1. The van der Waals surface area contributed by atoms with E-state index in [4.69, 9.17) is 30.8 Å². The molecule has 0 bridgehead atoms. The largest absolute Gasteiger partial charge is 0.479 e. The van der Waals surface area contributed by atoms with Crippen LogP contribution in [0.15, 0.2) is 18.2 Å². The molecule has 1 aliphatic heterocycles. The number of hydrogen-bond donors (Lipinski definition) is 6. The second-order valence-corrected chi connectivity index (χ2v) is 6.60. The molecule has 0 radical (unpaired) electrons. The van der Waals surface area contributed by atoms with Gasteiger partial charge in [0.15, 0.2) is 6.10 Å². The third-order valence-corrected chi connectivity index (χ3v) is 4.13. The first-order chi connectivity index (χ1) is 14.7.